The largest absolute Gasteiger partial charge is 0.534 e. The number of halogens is 3. The zero-order chi connectivity index (χ0) is 20.3. The van der Waals surface area contributed by atoms with Crippen molar-refractivity contribution in [2.75, 3.05) is 19.7 Å². The Balaban J connectivity index is 3.14. The molecule has 0 aliphatic carbocycles. The van der Waals surface area contributed by atoms with E-state index in [1.54, 1.807) is 20.8 Å². The van der Waals surface area contributed by atoms with Gasteiger partial charge >= 0.3 is 27.7 Å². The van der Waals surface area contributed by atoms with Gasteiger partial charge in [-0.1, -0.05) is 0 Å². The van der Waals surface area contributed by atoms with Gasteiger partial charge < -0.3 is 18.6 Å². The van der Waals surface area contributed by atoms with Gasteiger partial charge in [0.25, 0.3) is 0 Å². The van der Waals surface area contributed by atoms with Gasteiger partial charge in [-0.2, -0.15) is 21.6 Å². The second kappa shape index (κ2) is 7.72. The molecule has 0 unspecified atom stereocenters. The molecule has 0 fully saturated rings. The molecule has 26 heavy (non-hydrogen) atoms. The van der Waals surface area contributed by atoms with Gasteiger partial charge in [-0.05, 0) is 27.7 Å². The Morgan fingerprint density at radius 2 is 1.77 bits per heavy atom. The fraction of sp³-hybridized carbons (Fsp3) is 0.714. The molecule has 1 aliphatic rings. The molecule has 0 aromatic heterocycles. The SMILES string of the molecule is CCOC(=O)C1=C(OS(=O)(=O)C(F)(F)F)CCN(C(=O)OC(C)(C)C)C1. The molecule has 12 heteroatoms. The van der Waals surface area contributed by atoms with Gasteiger partial charge in [0, 0.05) is 13.0 Å². The van der Waals surface area contributed by atoms with Gasteiger partial charge in [0.05, 0.1) is 18.7 Å². The lowest BCUT2D eigenvalue weighted by atomic mass is 10.1. The van der Waals surface area contributed by atoms with E-state index in [0.717, 1.165) is 4.90 Å². The summed E-state index contributed by atoms with van der Waals surface area (Å²) in [6.45, 7) is 5.50. The predicted molar refractivity (Wildman–Crippen MR) is 82.1 cm³/mol. The molecule has 1 amide bonds. The fourth-order valence-corrected chi connectivity index (χ4v) is 2.44. The highest BCUT2D eigenvalue weighted by Gasteiger charge is 2.49. The van der Waals surface area contributed by atoms with Crippen LogP contribution in [0.25, 0.3) is 0 Å². The van der Waals surface area contributed by atoms with Crippen molar-refractivity contribution < 1.29 is 44.8 Å². The van der Waals surface area contributed by atoms with E-state index in [1.165, 1.54) is 6.92 Å². The first kappa shape index (κ1) is 22.1. The number of rotatable bonds is 4. The smallest absolute Gasteiger partial charge is 0.462 e. The summed E-state index contributed by atoms with van der Waals surface area (Å²) in [5.74, 6) is -1.78. The van der Waals surface area contributed by atoms with Gasteiger partial charge in [-0.15, -0.1) is 0 Å². The maximum Gasteiger partial charge on any atom is 0.534 e. The highest BCUT2D eigenvalue weighted by molar-refractivity contribution is 7.87. The van der Waals surface area contributed by atoms with Crippen molar-refractivity contribution >= 4 is 22.2 Å². The summed E-state index contributed by atoms with van der Waals surface area (Å²) in [6.07, 6.45) is -1.24. The highest BCUT2D eigenvalue weighted by Crippen LogP contribution is 2.30. The molecule has 1 rings (SSSR count). The molecule has 150 valence electrons. The van der Waals surface area contributed by atoms with Crippen LogP contribution in [0.5, 0.6) is 0 Å². The Bertz CT molecular complexity index is 692. The third-order valence-electron chi connectivity index (χ3n) is 2.96. The molecule has 0 aromatic rings. The molecule has 0 atom stereocenters. The van der Waals surface area contributed by atoms with Crippen molar-refractivity contribution in [1.29, 1.82) is 0 Å². The molecule has 8 nitrogen and oxygen atoms in total. The minimum absolute atomic E-state index is 0.103. The Kier molecular flexibility index (Phi) is 6.55. The molecule has 1 aliphatic heterocycles. The van der Waals surface area contributed by atoms with Crippen molar-refractivity contribution in [2.24, 2.45) is 0 Å². The van der Waals surface area contributed by atoms with E-state index in [-0.39, 0.29) is 13.2 Å². The van der Waals surface area contributed by atoms with Crippen LogP contribution < -0.4 is 0 Å². The van der Waals surface area contributed by atoms with Gasteiger partial charge in [-0.25, -0.2) is 9.59 Å². The van der Waals surface area contributed by atoms with Crippen LogP contribution in [-0.4, -0.2) is 56.2 Å². The average molecular weight is 403 g/mol. The summed E-state index contributed by atoms with van der Waals surface area (Å²) in [4.78, 5) is 25.1. The van der Waals surface area contributed by atoms with Crippen LogP contribution in [0.1, 0.15) is 34.1 Å². The van der Waals surface area contributed by atoms with Crippen LogP contribution in [0.2, 0.25) is 0 Å². The van der Waals surface area contributed by atoms with Crippen LogP contribution in [0, 0.1) is 0 Å². The normalized spacial score (nSPS) is 16.3. The van der Waals surface area contributed by atoms with E-state index < -0.39 is 57.6 Å². The number of carbonyl (C=O) groups excluding carboxylic acids is 2. The minimum atomic E-state index is -5.95. The Morgan fingerprint density at radius 1 is 1.19 bits per heavy atom. The molecule has 0 saturated heterocycles. The van der Waals surface area contributed by atoms with Crippen LogP contribution in [0.3, 0.4) is 0 Å². The second-order valence-corrected chi connectivity index (χ2v) is 7.80. The third kappa shape index (κ3) is 5.78. The summed E-state index contributed by atoms with van der Waals surface area (Å²) in [6, 6.07) is 0. The van der Waals surface area contributed by atoms with Gasteiger partial charge in [0.2, 0.25) is 0 Å². The van der Waals surface area contributed by atoms with Crippen molar-refractivity contribution in [2.45, 2.75) is 45.2 Å². The van der Waals surface area contributed by atoms with Crippen molar-refractivity contribution in [3.63, 3.8) is 0 Å². The molecule has 1 heterocycles. The Hall–Kier alpha value is -1.98. The lowest BCUT2D eigenvalue weighted by Crippen LogP contribution is -2.43. The first-order valence-corrected chi connectivity index (χ1v) is 8.96. The summed E-state index contributed by atoms with van der Waals surface area (Å²) < 4.78 is 73.9. The van der Waals surface area contributed by atoms with Crippen LogP contribution in [0.4, 0.5) is 18.0 Å². The lowest BCUT2D eigenvalue weighted by Gasteiger charge is -2.31. The van der Waals surface area contributed by atoms with Crippen LogP contribution >= 0.6 is 0 Å². The minimum Gasteiger partial charge on any atom is -0.462 e. The number of nitrogens with zero attached hydrogens (tertiary/aromatic N) is 1. The zero-order valence-corrected chi connectivity index (χ0v) is 15.5. The molecule has 0 aromatic carbocycles. The zero-order valence-electron chi connectivity index (χ0n) is 14.7. The standard InChI is InChI=1S/C14H20F3NO7S/c1-5-23-11(19)9-8-18(12(20)24-13(2,3)4)7-6-10(9)25-26(21,22)14(15,16)17/h5-8H2,1-4H3. The van der Waals surface area contributed by atoms with Crippen molar-refractivity contribution in [1.82, 2.24) is 4.90 Å². The van der Waals surface area contributed by atoms with E-state index >= 15 is 0 Å². The molecule has 0 bridgehead atoms. The molecular formula is C14H20F3NO7S. The summed E-state index contributed by atoms with van der Waals surface area (Å²) >= 11 is 0. The van der Waals surface area contributed by atoms with Gasteiger partial charge in [0.1, 0.15) is 11.4 Å². The number of amides is 1. The van der Waals surface area contributed by atoms with Crippen molar-refractivity contribution in [3.05, 3.63) is 11.3 Å². The van der Waals surface area contributed by atoms with Gasteiger partial charge in [-0.3, -0.25) is 0 Å². The monoisotopic (exact) mass is 403 g/mol. The predicted octanol–water partition coefficient (Wildman–Crippen LogP) is 2.31. The maximum absolute atomic E-state index is 12.5. The highest BCUT2D eigenvalue weighted by atomic mass is 32.2. The number of carbonyl (C=O) groups is 2. The van der Waals surface area contributed by atoms with E-state index in [4.69, 9.17) is 9.47 Å². The van der Waals surface area contributed by atoms with Crippen molar-refractivity contribution in [3.8, 4) is 0 Å². The second-order valence-electron chi connectivity index (χ2n) is 6.26. The van der Waals surface area contributed by atoms with E-state index in [2.05, 4.69) is 4.18 Å². The maximum atomic E-state index is 12.5. The summed E-state index contributed by atoms with van der Waals surface area (Å²) in [5, 5.41) is 0. The summed E-state index contributed by atoms with van der Waals surface area (Å²) in [7, 11) is -5.95. The molecule has 0 saturated carbocycles. The average Bonchev–Trinajstić information content (AvgIpc) is 2.44. The molecular weight excluding hydrogens is 383 g/mol. The summed E-state index contributed by atoms with van der Waals surface area (Å²) in [5.41, 5.74) is -6.97. The lowest BCUT2D eigenvalue weighted by molar-refractivity contribution is -0.139. The fourth-order valence-electron chi connectivity index (χ4n) is 1.90. The van der Waals surface area contributed by atoms with E-state index in [9.17, 15) is 31.2 Å². The van der Waals surface area contributed by atoms with Crippen LogP contribution in [0.15, 0.2) is 11.3 Å². The molecule has 0 spiro atoms. The van der Waals surface area contributed by atoms with Gasteiger partial charge in [0.15, 0.2) is 0 Å². The van der Waals surface area contributed by atoms with E-state index in [1.807, 2.05) is 0 Å². The topological polar surface area (TPSA) is 99.2 Å². The first-order chi connectivity index (χ1) is 11.7. The molecule has 0 N–H and O–H groups in total. The number of hydrogen-bond acceptors (Lipinski definition) is 7. The first-order valence-electron chi connectivity index (χ1n) is 7.55. The number of alkyl halides is 3. The Morgan fingerprint density at radius 3 is 2.23 bits per heavy atom. The Labute approximate surface area is 149 Å². The quantitative estimate of drug-likeness (QED) is 0.403. The van der Waals surface area contributed by atoms with E-state index in [0.29, 0.717) is 0 Å². The number of ether oxygens (including phenoxy) is 2. The number of hydrogen-bond donors (Lipinski definition) is 0. The third-order valence-corrected chi connectivity index (χ3v) is 3.95. The molecule has 0 radical (unpaired) electrons. The number of esters is 1. The van der Waals surface area contributed by atoms with Crippen LogP contribution in [-0.2, 0) is 28.6 Å².